The highest BCUT2D eigenvalue weighted by Gasteiger charge is 2.12. The summed E-state index contributed by atoms with van der Waals surface area (Å²) in [5.41, 5.74) is 1.85. The second-order valence-corrected chi connectivity index (χ2v) is 4.59. The highest BCUT2D eigenvalue weighted by Crippen LogP contribution is 2.08. The molecule has 0 amide bonds. The summed E-state index contributed by atoms with van der Waals surface area (Å²) < 4.78 is 0. The van der Waals surface area contributed by atoms with Gasteiger partial charge in [-0.05, 0) is 5.56 Å². The molecule has 0 atom stereocenters. The number of rotatable bonds is 5. The number of nitrogens with one attached hydrogen (secondary N) is 1. The number of nitrogens with zero attached hydrogens (tertiary/aromatic N) is 1. The van der Waals surface area contributed by atoms with Crippen LogP contribution < -0.4 is 5.32 Å². The van der Waals surface area contributed by atoms with Crippen LogP contribution in [0.4, 0.5) is 0 Å². The van der Waals surface area contributed by atoms with Gasteiger partial charge in [0.1, 0.15) is 0 Å². The van der Waals surface area contributed by atoms with E-state index in [2.05, 4.69) is 16.8 Å². The minimum atomic E-state index is 0.226. The molecule has 1 fully saturated rings. The first-order valence-electron chi connectivity index (χ1n) is 6.48. The lowest BCUT2D eigenvalue weighted by Gasteiger charge is -2.26. The zero-order chi connectivity index (χ0) is 12.8. The fraction of sp³-hybridized carbons (Fsp3) is 0.400. The van der Waals surface area contributed by atoms with Crippen molar-refractivity contribution in [1.29, 1.82) is 0 Å². The van der Waals surface area contributed by atoms with Crippen molar-refractivity contribution in [1.82, 2.24) is 10.2 Å². The van der Waals surface area contributed by atoms with Gasteiger partial charge in [0.25, 0.3) is 0 Å². The van der Waals surface area contributed by atoms with Crippen LogP contribution >= 0.6 is 0 Å². The van der Waals surface area contributed by atoms with E-state index in [1.165, 1.54) is 0 Å². The standard InChI is InChI=1S/C15H20N2O/c1-2-13-3-5-14(6-4-13)15(18)7-10-17-11-8-16-9-12-17/h2-6,16H,1,7-12H2. The molecule has 0 aromatic heterocycles. The van der Waals surface area contributed by atoms with E-state index in [4.69, 9.17) is 0 Å². The summed E-state index contributed by atoms with van der Waals surface area (Å²) in [6.07, 6.45) is 2.39. The van der Waals surface area contributed by atoms with Crippen molar-refractivity contribution in [2.75, 3.05) is 32.7 Å². The molecule has 1 aliphatic rings. The number of piperazine rings is 1. The maximum absolute atomic E-state index is 12.0. The summed E-state index contributed by atoms with van der Waals surface area (Å²) in [5.74, 6) is 0.226. The lowest BCUT2D eigenvalue weighted by atomic mass is 10.1. The number of hydrogen-bond acceptors (Lipinski definition) is 3. The number of hydrogen-bond donors (Lipinski definition) is 1. The molecule has 0 aliphatic carbocycles. The Labute approximate surface area is 108 Å². The zero-order valence-corrected chi connectivity index (χ0v) is 10.7. The second-order valence-electron chi connectivity index (χ2n) is 4.59. The minimum Gasteiger partial charge on any atom is -0.314 e. The molecule has 1 aromatic rings. The minimum absolute atomic E-state index is 0.226. The van der Waals surface area contributed by atoms with Gasteiger partial charge in [-0.15, -0.1) is 0 Å². The van der Waals surface area contributed by atoms with Gasteiger partial charge in [0.05, 0.1) is 0 Å². The Morgan fingerprint density at radius 1 is 1.28 bits per heavy atom. The van der Waals surface area contributed by atoms with E-state index in [9.17, 15) is 4.79 Å². The van der Waals surface area contributed by atoms with Crippen LogP contribution in [0.15, 0.2) is 30.8 Å². The average molecular weight is 244 g/mol. The van der Waals surface area contributed by atoms with Crippen molar-refractivity contribution in [2.45, 2.75) is 6.42 Å². The first kappa shape index (κ1) is 13.0. The Morgan fingerprint density at radius 3 is 2.56 bits per heavy atom. The molecule has 1 heterocycles. The van der Waals surface area contributed by atoms with Crippen molar-refractivity contribution >= 4 is 11.9 Å². The Hall–Kier alpha value is -1.45. The van der Waals surface area contributed by atoms with Crippen LogP contribution in [0.25, 0.3) is 6.08 Å². The number of ketones is 1. The van der Waals surface area contributed by atoms with E-state index in [1.54, 1.807) is 6.08 Å². The molecule has 3 heteroatoms. The third-order valence-corrected chi connectivity index (χ3v) is 3.33. The van der Waals surface area contributed by atoms with Crippen LogP contribution in [0.5, 0.6) is 0 Å². The van der Waals surface area contributed by atoms with E-state index >= 15 is 0 Å². The third-order valence-electron chi connectivity index (χ3n) is 3.33. The molecule has 1 saturated heterocycles. The van der Waals surface area contributed by atoms with Gasteiger partial charge in [0.15, 0.2) is 5.78 Å². The highest BCUT2D eigenvalue weighted by molar-refractivity contribution is 5.96. The van der Waals surface area contributed by atoms with Gasteiger partial charge in [-0.1, -0.05) is 36.9 Å². The molecule has 0 radical (unpaired) electrons. The fourth-order valence-corrected chi connectivity index (χ4v) is 2.14. The molecular formula is C15H20N2O. The molecule has 0 saturated carbocycles. The Morgan fingerprint density at radius 2 is 1.94 bits per heavy atom. The summed E-state index contributed by atoms with van der Waals surface area (Å²) in [6, 6.07) is 7.64. The highest BCUT2D eigenvalue weighted by atomic mass is 16.1. The van der Waals surface area contributed by atoms with Gasteiger partial charge in [0, 0.05) is 44.7 Å². The Bertz CT molecular complexity index is 405. The number of carbonyl (C=O) groups is 1. The third kappa shape index (κ3) is 3.52. The molecule has 1 aliphatic heterocycles. The van der Waals surface area contributed by atoms with Crippen LogP contribution in [-0.4, -0.2) is 43.4 Å². The Kier molecular flexibility index (Phi) is 4.67. The molecule has 0 bridgehead atoms. The van der Waals surface area contributed by atoms with E-state index in [1.807, 2.05) is 24.3 Å². The molecule has 0 unspecified atom stereocenters. The molecule has 18 heavy (non-hydrogen) atoms. The first-order chi connectivity index (χ1) is 8.79. The van der Waals surface area contributed by atoms with Crippen molar-refractivity contribution < 1.29 is 4.79 Å². The van der Waals surface area contributed by atoms with Gasteiger partial charge in [-0.2, -0.15) is 0 Å². The molecule has 0 spiro atoms. The predicted octanol–water partition coefficient (Wildman–Crippen LogP) is 1.81. The molecular weight excluding hydrogens is 224 g/mol. The quantitative estimate of drug-likeness (QED) is 0.802. The van der Waals surface area contributed by atoms with Crippen LogP contribution in [0.3, 0.4) is 0 Å². The lowest BCUT2D eigenvalue weighted by Crippen LogP contribution is -2.44. The SMILES string of the molecule is C=Cc1ccc(C(=O)CCN2CCNCC2)cc1. The van der Waals surface area contributed by atoms with E-state index in [-0.39, 0.29) is 5.78 Å². The number of benzene rings is 1. The number of carbonyl (C=O) groups excluding carboxylic acids is 1. The fourth-order valence-electron chi connectivity index (χ4n) is 2.14. The van der Waals surface area contributed by atoms with Gasteiger partial charge in [-0.25, -0.2) is 0 Å². The van der Waals surface area contributed by atoms with Crippen molar-refractivity contribution in [3.05, 3.63) is 42.0 Å². The molecule has 3 nitrogen and oxygen atoms in total. The molecule has 96 valence electrons. The average Bonchev–Trinajstić information content (AvgIpc) is 2.46. The van der Waals surface area contributed by atoms with Gasteiger partial charge in [-0.3, -0.25) is 4.79 Å². The summed E-state index contributed by atoms with van der Waals surface area (Å²) in [6.45, 7) is 8.72. The smallest absolute Gasteiger partial charge is 0.164 e. The summed E-state index contributed by atoms with van der Waals surface area (Å²) in [5, 5.41) is 3.31. The van der Waals surface area contributed by atoms with Crippen LogP contribution in [0.2, 0.25) is 0 Å². The topological polar surface area (TPSA) is 32.3 Å². The predicted molar refractivity (Wildman–Crippen MR) is 74.8 cm³/mol. The van der Waals surface area contributed by atoms with Gasteiger partial charge < -0.3 is 10.2 Å². The molecule has 1 aromatic carbocycles. The van der Waals surface area contributed by atoms with Crippen molar-refractivity contribution in [2.24, 2.45) is 0 Å². The first-order valence-corrected chi connectivity index (χ1v) is 6.48. The van der Waals surface area contributed by atoms with Gasteiger partial charge >= 0.3 is 0 Å². The zero-order valence-electron chi connectivity index (χ0n) is 10.7. The second kappa shape index (κ2) is 6.47. The Balaban J connectivity index is 1.84. The molecule has 1 N–H and O–H groups in total. The normalized spacial score (nSPS) is 16.4. The summed E-state index contributed by atoms with van der Waals surface area (Å²) in [7, 11) is 0. The van der Waals surface area contributed by atoms with Crippen LogP contribution in [0, 0.1) is 0 Å². The lowest BCUT2D eigenvalue weighted by molar-refractivity contribution is 0.0960. The molecule has 2 rings (SSSR count). The summed E-state index contributed by atoms with van der Waals surface area (Å²) >= 11 is 0. The van der Waals surface area contributed by atoms with Crippen molar-refractivity contribution in [3.63, 3.8) is 0 Å². The number of Topliss-reactive ketones (excluding diaryl/α,β-unsaturated/α-hetero) is 1. The van der Waals surface area contributed by atoms with Gasteiger partial charge in [0.2, 0.25) is 0 Å². The van der Waals surface area contributed by atoms with E-state index in [0.717, 1.165) is 43.9 Å². The van der Waals surface area contributed by atoms with Crippen LogP contribution in [0.1, 0.15) is 22.3 Å². The van der Waals surface area contributed by atoms with E-state index < -0.39 is 0 Å². The monoisotopic (exact) mass is 244 g/mol. The maximum Gasteiger partial charge on any atom is 0.164 e. The summed E-state index contributed by atoms with van der Waals surface area (Å²) in [4.78, 5) is 14.4. The maximum atomic E-state index is 12.0. The largest absolute Gasteiger partial charge is 0.314 e. The van der Waals surface area contributed by atoms with E-state index in [0.29, 0.717) is 6.42 Å². The van der Waals surface area contributed by atoms with Crippen LogP contribution in [-0.2, 0) is 0 Å². The van der Waals surface area contributed by atoms with Crippen molar-refractivity contribution in [3.8, 4) is 0 Å².